The molecule has 0 fully saturated rings. The predicted octanol–water partition coefficient (Wildman–Crippen LogP) is 2.66. The third-order valence-corrected chi connectivity index (χ3v) is 2.55. The van der Waals surface area contributed by atoms with Gasteiger partial charge in [-0.3, -0.25) is 9.59 Å². The highest BCUT2D eigenvalue weighted by Crippen LogP contribution is 2.17. The van der Waals surface area contributed by atoms with E-state index in [1.165, 1.54) is 11.8 Å². The Morgan fingerprint density at radius 1 is 1.19 bits per heavy atom. The molecule has 0 aromatic heterocycles. The minimum Gasteiger partial charge on any atom is -0.313 e. The van der Waals surface area contributed by atoms with Crippen LogP contribution in [0.15, 0.2) is 24.3 Å². The third kappa shape index (κ3) is 2.97. The fourth-order valence-electron chi connectivity index (χ4n) is 1.19. The second-order valence-corrected chi connectivity index (χ2v) is 4.40. The maximum atomic E-state index is 11.5. The van der Waals surface area contributed by atoms with Gasteiger partial charge in [-0.15, -0.1) is 0 Å². The van der Waals surface area contributed by atoms with Crippen molar-refractivity contribution in [1.29, 1.82) is 0 Å². The third-order valence-electron chi connectivity index (χ3n) is 2.18. The van der Waals surface area contributed by atoms with Crippen LogP contribution in [-0.4, -0.2) is 23.6 Å². The molecule has 86 valence electrons. The summed E-state index contributed by atoms with van der Waals surface area (Å²) in [5, 5.41) is 0. The predicted molar refractivity (Wildman–Crippen MR) is 65.4 cm³/mol. The number of hydrogen-bond donors (Lipinski definition) is 0. The Hall–Kier alpha value is -1.06. The van der Waals surface area contributed by atoms with Gasteiger partial charge in [0, 0.05) is 18.3 Å². The lowest BCUT2D eigenvalue weighted by atomic mass is 10.1. The number of halogens is 2. The second-order valence-electron chi connectivity index (χ2n) is 3.30. The molecule has 1 amide bonds. The summed E-state index contributed by atoms with van der Waals surface area (Å²) in [5.74, 6) is -0.424. The first kappa shape index (κ1) is 13.0. The Morgan fingerprint density at radius 2 is 1.69 bits per heavy atom. The van der Waals surface area contributed by atoms with E-state index < -0.39 is 10.7 Å². The Morgan fingerprint density at radius 3 is 2.06 bits per heavy atom. The van der Waals surface area contributed by atoms with Crippen LogP contribution >= 0.6 is 23.2 Å². The van der Waals surface area contributed by atoms with Crippen molar-refractivity contribution in [2.45, 2.75) is 11.8 Å². The van der Waals surface area contributed by atoms with Crippen LogP contribution in [0.4, 0.5) is 5.69 Å². The number of amides is 1. The molecule has 0 bridgehead atoms. The highest BCUT2D eigenvalue weighted by Gasteiger charge is 2.17. The molecule has 0 spiro atoms. The molecule has 0 unspecified atom stereocenters. The Balaban J connectivity index is 2.89. The van der Waals surface area contributed by atoms with Crippen molar-refractivity contribution >= 4 is 40.6 Å². The van der Waals surface area contributed by atoms with E-state index in [4.69, 9.17) is 23.2 Å². The fraction of sp³-hybridized carbons (Fsp3) is 0.273. The van der Waals surface area contributed by atoms with Crippen molar-refractivity contribution in [1.82, 2.24) is 0 Å². The van der Waals surface area contributed by atoms with Gasteiger partial charge in [0.1, 0.15) is 0 Å². The molecule has 1 aromatic carbocycles. The van der Waals surface area contributed by atoms with Crippen LogP contribution in [0.1, 0.15) is 17.3 Å². The Kier molecular flexibility index (Phi) is 4.33. The molecule has 0 radical (unpaired) electrons. The monoisotopic (exact) mass is 259 g/mol. The summed E-state index contributed by atoms with van der Waals surface area (Å²) in [5.41, 5.74) is 1.24. The maximum absolute atomic E-state index is 11.5. The van der Waals surface area contributed by atoms with Gasteiger partial charge in [0.2, 0.25) is 0 Å². The summed E-state index contributed by atoms with van der Waals surface area (Å²) in [6, 6.07) is 6.65. The van der Waals surface area contributed by atoms with Crippen LogP contribution in [-0.2, 0) is 4.79 Å². The summed E-state index contributed by atoms with van der Waals surface area (Å²) >= 11 is 10.9. The van der Waals surface area contributed by atoms with E-state index in [-0.39, 0.29) is 5.78 Å². The maximum Gasteiger partial charge on any atom is 0.260 e. The molecule has 0 saturated carbocycles. The molecule has 1 aromatic rings. The first-order chi connectivity index (χ1) is 7.43. The van der Waals surface area contributed by atoms with E-state index in [0.717, 1.165) is 0 Å². The van der Waals surface area contributed by atoms with Crippen molar-refractivity contribution in [2.75, 3.05) is 11.9 Å². The number of anilines is 1. The van der Waals surface area contributed by atoms with Gasteiger partial charge in [-0.2, -0.15) is 0 Å². The molecule has 0 saturated heterocycles. The molecule has 1 rings (SSSR count). The zero-order chi connectivity index (χ0) is 12.3. The molecular weight excluding hydrogens is 249 g/mol. The summed E-state index contributed by atoms with van der Waals surface area (Å²) in [4.78, 5) is 22.8. The molecule has 0 atom stereocenters. The highest BCUT2D eigenvalue weighted by molar-refractivity contribution is 6.54. The van der Waals surface area contributed by atoms with E-state index in [9.17, 15) is 9.59 Å². The van der Waals surface area contributed by atoms with Crippen LogP contribution in [0, 0.1) is 0 Å². The molecular formula is C11H11Cl2NO2. The number of carbonyl (C=O) groups is 2. The van der Waals surface area contributed by atoms with E-state index in [1.807, 2.05) is 0 Å². The number of rotatable bonds is 3. The minimum atomic E-state index is -1.09. The van der Waals surface area contributed by atoms with Crippen molar-refractivity contribution in [3.05, 3.63) is 29.8 Å². The van der Waals surface area contributed by atoms with Gasteiger partial charge in [0.05, 0.1) is 0 Å². The van der Waals surface area contributed by atoms with Crippen LogP contribution < -0.4 is 4.90 Å². The standard InChI is InChI=1S/C11H11Cl2NO2/c1-7(15)8-3-5-9(6-4-8)14(2)11(16)10(12)13/h3-6,10H,1-2H3. The number of alkyl halides is 2. The zero-order valence-corrected chi connectivity index (χ0v) is 10.4. The Labute approximate surface area is 104 Å². The lowest BCUT2D eigenvalue weighted by Crippen LogP contribution is -2.30. The molecule has 0 aliphatic carbocycles. The van der Waals surface area contributed by atoms with Gasteiger partial charge in [0.15, 0.2) is 10.6 Å². The van der Waals surface area contributed by atoms with Crippen LogP contribution in [0.25, 0.3) is 0 Å². The SMILES string of the molecule is CC(=O)c1ccc(N(C)C(=O)C(Cl)Cl)cc1. The topological polar surface area (TPSA) is 37.4 Å². The quantitative estimate of drug-likeness (QED) is 0.619. The van der Waals surface area contributed by atoms with Gasteiger partial charge in [-0.25, -0.2) is 0 Å². The minimum absolute atomic E-state index is 0.0203. The number of carbonyl (C=O) groups excluding carboxylic acids is 2. The first-order valence-corrected chi connectivity index (χ1v) is 5.47. The largest absolute Gasteiger partial charge is 0.313 e. The van der Waals surface area contributed by atoms with Crippen molar-refractivity contribution < 1.29 is 9.59 Å². The van der Waals surface area contributed by atoms with Crippen LogP contribution in [0.2, 0.25) is 0 Å². The lowest BCUT2D eigenvalue weighted by Gasteiger charge is -2.17. The summed E-state index contributed by atoms with van der Waals surface area (Å²) in [6.07, 6.45) is 0. The van der Waals surface area contributed by atoms with Crippen molar-refractivity contribution in [3.63, 3.8) is 0 Å². The Bertz CT molecular complexity index is 401. The number of ketones is 1. The average molecular weight is 260 g/mol. The molecule has 16 heavy (non-hydrogen) atoms. The number of Topliss-reactive ketones (excluding diaryl/α,β-unsaturated/α-hetero) is 1. The molecule has 3 nitrogen and oxygen atoms in total. The zero-order valence-electron chi connectivity index (χ0n) is 8.91. The van der Waals surface area contributed by atoms with Crippen LogP contribution in [0.3, 0.4) is 0 Å². The molecule has 5 heteroatoms. The highest BCUT2D eigenvalue weighted by atomic mass is 35.5. The smallest absolute Gasteiger partial charge is 0.260 e. The van der Waals surface area contributed by atoms with Crippen LogP contribution in [0.5, 0.6) is 0 Å². The van der Waals surface area contributed by atoms with Crippen molar-refractivity contribution in [2.24, 2.45) is 0 Å². The van der Waals surface area contributed by atoms with E-state index in [1.54, 1.807) is 31.3 Å². The fourth-order valence-corrected chi connectivity index (χ4v) is 1.49. The molecule has 0 heterocycles. The normalized spacial score (nSPS) is 10.3. The van der Waals surface area contributed by atoms with E-state index in [2.05, 4.69) is 0 Å². The van der Waals surface area contributed by atoms with Gasteiger partial charge in [-0.1, -0.05) is 23.2 Å². The molecule has 0 aliphatic heterocycles. The summed E-state index contributed by atoms with van der Waals surface area (Å²) in [7, 11) is 1.57. The molecule has 0 aliphatic rings. The lowest BCUT2D eigenvalue weighted by molar-refractivity contribution is -0.116. The van der Waals surface area contributed by atoms with Gasteiger partial charge < -0.3 is 4.90 Å². The number of benzene rings is 1. The van der Waals surface area contributed by atoms with Crippen molar-refractivity contribution in [3.8, 4) is 0 Å². The van der Waals surface area contributed by atoms with Gasteiger partial charge in [-0.05, 0) is 31.2 Å². The average Bonchev–Trinajstić information content (AvgIpc) is 2.27. The van der Waals surface area contributed by atoms with E-state index in [0.29, 0.717) is 11.3 Å². The number of hydrogen-bond acceptors (Lipinski definition) is 2. The molecule has 0 N–H and O–H groups in total. The number of nitrogens with zero attached hydrogens (tertiary/aromatic N) is 1. The first-order valence-electron chi connectivity index (χ1n) is 4.60. The van der Waals surface area contributed by atoms with E-state index >= 15 is 0 Å². The van der Waals surface area contributed by atoms with Gasteiger partial charge in [0.25, 0.3) is 5.91 Å². The summed E-state index contributed by atoms with van der Waals surface area (Å²) in [6.45, 7) is 1.48. The second kappa shape index (κ2) is 5.32. The summed E-state index contributed by atoms with van der Waals surface area (Å²) < 4.78 is 0. The van der Waals surface area contributed by atoms with Gasteiger partial charge >= 0.3 is 0 Å².